The van der Waals surface area contributed by atoms with Gasteiger partial charge in [0.25, 0.3) is 5.92 Å². The summed E-state index contributed by atoms with van der Waals surface area (Å²) < 4.78 is 31.6. The topological polar surface area (TPSA) is 37.9 Å². The van der Waals surface area contributed by atoms with Gasteiger partial charge in [-0.3, -0.25) is 5.10 Å². The highest BCUT2D eigenvalue weighted by atomic mass is 19.3. The number of aromatic nitrogens is 2. The van der Waals surface area contributed by atoms with Crippen LogP contribution in [0.25, 0.3) is 0 Å². The number of rotatable bonds is 3. The average Bonchev–Trinajstić information content (AvgIpc) is 2.50. The number of nitrogens with zero attached hydrogens (tertiary/aromatic N) is 1. The Labute approximate surface area is 81.5 Å². The molecular formula is C9H14F2N2O. The third-order valence-corrected chi connectivity index (χ3v) is 1.97. The van der Waals surface area contributed by atoms with E-state index in [2.05, 4.69) is 10.2 Å². The van der Waals surface area contributed by atoms with Crippen LogP contribution < -0.4 is 4.74 Å². The van der Waals surface area contributed by atoms with Gasteiger partial charge < -0.3 is 4.74 Å². The van der Waals surface area contributed by atoms with Gasteiger partial charge in [-0.2, -0.15) is 0 Å². The summed E-state index contributed by atoms with van der Waals surface area (Å²) in [5, 5.41) is 6.11. The summed E-state index contributed by atoms with van der Waals surface area (Å²) in [5.74, 6) is -2.68. The number of aromatic amines is 1. The molecule has 0 saturated carbocycles. The fourth-order valence-corrected chi connectivity index (χ4v) is 0.708. The van der Waals surface area contributed by atoms with Crippen LogP contribution in [0.4, 0.5) is 8.78 Å². The molecule has 0 aliphatic heterocycles. The smallest absolute Gasteiger partial charge is 0.286 e. The molecule has 0 radical (unpaired) electrons. The molecule has 1 heterocycles. The molecule has 14 heavy (non-hydrogen) atoms. The number of alkyl halides is 2. The largest absolute Gasteiger partial charge is 0.470 e. The van der Waals surface area contributed by atoms with Crippen LogP contribution in [0, 0.1) is 5.41 Å². The third-order valence-electron chi connectivity index (χ3n) is 1.97. The van der Waals surface area contributed by atoms with Crippen molar-refractivity contribution in [3.8, 4) is 5.88 Å². The Hall–Kier alpha value is -1.13. The van der Waals surface area contributed by atoms with Crippen molar-refractivity contribution in [1.82, 2.24) is 10.2 Å². The fourth-order valence-electron chi connectivity index (χ4n) is 0.708. The van der Waals surface area contributed by atoms with Gasteiger partial charge in [0.05, 0.1) is 0 Å². The zero-order valence-corrected chi connectivity index (χ0v) is 8.47. The summed E-state index contributed by atoms with van der Waals surface area (Å²) in [4.78, 5) is 0. The zero-order chi connectivity index (χ0) is 10.8. The Morgan fingerprint density at radius 2 is 2.07 bits per heavy atom. The second-order valence-electron chi connectivity index (χ2n) is 4.16. The standard InChI is InChI=1S/C9H14F2N2O/c1-8(2,3)9(10,11)6-14-7-4-5-12-13-7/h4-5H,6H2,1-3H3,(H,12,13). The molecule has 0 unspecified atom stereocenters. The SMILES string of the molecule is CC(C)(C)C(F)(F)COc1cc[nH]n1. The predicted molar refractivity (Wildman–Crippen MR) is 48.5 cm³/mol. The lowest BCUT2D eigenvalue weighted by Crippen LogP contribution is -2.39. The Kier molecular flexibility index (Phi) is 2.78. The van der Waals surface area contributed by atoms with Crippen molar-refractivity contribution in [2.75, 3.05) is 6.61 Å². The molecule has 0 aromatic carbocycles. The van der Waals surface area contributed by atoms with Gasteiger partial charge in [-0.15, -0.1) is 5.10 Å². The van der Waals surface area contributed by atoms with E-state index in [1.54, 1.807) is 0 Å². The van der Waals surface area contributed by atoms with Crippen molar-refractivity contribution in [2.45, 2.75) is 26.7 Å². The molecule has 1 aromatic rings. The first-order chi connectivity index (χ1) is 6.33. The number of nitrogens with one attached hydrogen (secondary N) is 1. The average molecular weight is 204 g/mol. The molecule has 1 N–H and O–H groups in total. The lowest BCUT2D eigenvalue weighted by atomic mass is 9.88. The normalized spacial score (nSPS) is 12.9. The first kappa shape index (κ1) is 10.9. The summed E-state index contributed by atoms with van der Waals surface area (Å²) in [6, 6.07) is 1.50. The van der Waals surface area contributed by atoms with Gasteiger partial charge in [-0.1, -0.05) is 20.8 Å². The van der Waals surface area contributed by atoms with Gasteiger partial charge >= 0.3 is 0 Å². The first-order valence-electron chi connectivity index (χ1n) is 4.33. The maximum atomic E-state index is 13.4. The van der Waals surface area contributed by atoms with Crippen LogP contribution in [0.15, 0.2) is 12.3 Å². The van der Waals surface area contributed by atoms with Gasteiger partial charge in [-0.05, 0) is 0 Å². The third kappa shape index (κ3) is 2.43. The van der Waals surface area contributed by atoms with Gasteiger partial charge in [0.1, 0.15) is 0 Å². The summed E-state index contributed by atoms with van der Waals surface area (Å²) in [6.45, 7) is 3.77. The van der Waals surface area contributed by atoms with Crippen LogP contribution in [0.5, 0.6) is 5.88 Å². The van der Waals surface area contributed by atoms with E-state index in [-0.39, 0.29) is 5.88 Å². The highest BCUT2D eigenvalue weighted by Gasteiger charge is 2.43. The minimum Gasteiger partial charge on any atom is -0.470 e. The maximum absolute atomic E-state index is 13.4. The Balaban J connectivity index is 2.53. The van der Waals surface area contributed by atoms with Crippen molar-refractivity contribution in [2.24, 2.45) is 5.41 Å². The molecule has 3 nitrogen and oxygen atoms in total. The molecule has 0 amide bonds. The van der Waals surface area contributed by atoms with Gasteiger partial charge in [-0.25, -0.2) is 8.78 Å². The van der Waals surface area contributed by atoms with Crippen LogP contribution in [0.2, 0.25) is 0 Å². The quantitative estimate of drug-likeness (QED) is 0.821. The van der Waals surface area contributed by atoms with Crippen LogP contribution in [0.1, 0.15) is 20.8 Å². The molecule has 1 rings (SSSR count). The molecular weight excluding hydrogens is 190 g/mol. The molecule has 1 aromatic heterocycles. The molecule has 0 aliphatic carbocycles. The van der Waals surface area contributed by atoms with E-state index in [1.807, 2.05) is 0 Å². The second kappa shape index (κ2) is 3.55. The first-order valence-corrected chi connectivity index (χ1v) is 4.33. The van der Waals surface area contributed by atoms with E-state index in [9.17, 15) is 8.78 Å². The van der Waals surface area contributed by atoms with E-state index < -0.39 is 17.9 Å². The lowest BCUT2D eigenvalue weighted by Gasteiger charge is -2.29. The predicted octanol–water partition coefficient (Wildman–Crippen LogP) is 2.47. The van der Waals surface area contributed by atoms with Crippen molar-refractivity contribution in [1.29, 1.82) is 0 Å². The second-order valence-corrected chi connectivity index (χ2v) is 4.16. The number of halogens is 2. The van der Waals surface area contributed by atoms with Crippen molar-refractivity contribution < 1.29 is 13.5 Å². The molecule has 0 aliphatic rings. The number of ether oxygens (including phenoxy) is 1. The highest BCUT2D eigenvalue weighted by Crippen LogP contribution is 2.35. The van der Waals surface area contributed by atoms with Crippen LogP contribution in [0.3, 0.4) is 0 Å². The van der Waals surface area contributed by atoms with Crippen molar-refractivity contribution in [3.05, 3.63) is 12.3 Å². The Morgan fingerprint density at radius 1 is 1.43 bits per heavy atom. The van der Waals surface area contributed by atoms with Gasteiger partial charge in [0, 0.05) is 17.7 Å². The van der Waals surface area contributed by atoms with Crippen LogP contribution in [-0.2, 0) is 0 Å². The molecule has 0 saturated heterocycles. The van der Waals surface area contributed by atoms with E-state index >= 15 is 0 Å². The minimum absolute atomic E-state index is 0.189. The Morgan fingerprint density at radius 3 is 2.50 bits per heavy atom. The lowest BCUT2D eigenvalue weighted by molar-refractivity contribution is -0.124. The van der Waals surface area contributed by atoms with E-state index in [0.717, 1.165) is 0 Å². The summed E-state index contributed by atoms with van der Waals surface area (Å²) in [6.07, 6.45) is 1.52. The highest BCUT2D eigenvalue weighted by molar-refractivity contribution is 5.04. The summed E-state index contributed by atoms with van der Waals surface area (Å²) in [5.41, 5.74) is -1.11. The molecule has 5 heteroatoms. The molecule has 0 atom stereocenters. The van der Waals surface area contributed by atoms with E-state index in [0.29, 0.717) is 0 Å². The molecule has 0 bridgehead atoms. The van der Waals surface area contributed by atoms with Crippen molar-refractivity contribution in [3.63, 3.8) is 0 Å². The van der Waals surface area contributed by atoms with Crippen molar-refractivity contribution >= 4 is 0 Å². The molecule has 80 valence electrons. The molecule has 0 spiro atoms. The fraction of sp³-hybridized carbons (Fsp3) is 0.667. The molecule has 0 fully saturated rings. The van der Waals surface area contributed by atoms with E-state index in [1.165, 1.54) is 33.0 Å². The van der Waals surface area contributed by atoms with E-state index in [4.69, 9.17) is 4.74 Å². The minimum atomic E-state index is -2.87. The number of hydrogen-bond acceptors (Lipinski definition) is 2. The number of H-pyrrole nitrogens is 1. The number of hydrogen-bond donors (Lipinski definition) is 1. The Bertz CT molecular complexity index is 278. The van der Waals surface area contributed by atoms with Gasteiger partial charge in [0.2, 0.25) is 5.88 Å². The summed E-state index contributed by atoms with van der Waals surface area (Å²) in [7, 11) is 0. The van der Waals surface area contributed by atoms with Crippen LogP contribution >= 0.6 is 0 Å². The van der Waals surface area contributed by atoms with Gasteiger partial charge in [0.15, 0.2) is 6.61 Å². The monoisotopic (exact) mass is 204 g/mol. The summed E-state index contributed by atoms with van der Waals surface area (Å²) >= 11 is 0. The maximum Gasteiger partial charge on any atom is 0.286 e. The van der Waals surface area contributed by atoms with Crippen LogP contribution in [-0.4, -0.2) is 22.7 Å². The zero-order valence-electron chi connectivity index (χ0n) is 8.47.